The Bertz CT molecular complexity index is 308. The number of rotatable bonds is 4. The van der Waals surface area contributed by atoms with Crippen molar-refractivity contribution < 1.29 is 9.47 Å². The van der Waals surface area contributed by atoms with E-state index in [0.717, 1.165) is 37.6 Å². The standard InChI is InChI=1S/C12H15ClO2/c13-7-10-2-1-3-12(6-10)15-9-11-4-5-14-8-11/h1-3,6,11H,4-5,7-9H2. The zero-order chi connectivity index (χ0) is 10.5. The minimum Gasteiger partial charge on any atom is -0.493 e. The lowest BCUT2D eigenvalue weighted by Crippen LogP contribution is -2.11. The highest BCUT2D eigenvalue weighted by molar-refractivity contribution is 6.17. The summed E-state index contributed by atoms with van der Waals surface area (Å²) in [6, 6.07) is 7.92. The molecule has 0 saturated carbocycles. The molecule has 1 aliphatic heterocycles. The summed E-state index contributed by atoms with van der Waals surface area (Å²) in [4.78, 5) is 0. The molecule has 0 amide bonds. The molecule has 1 aromatic carbocycles. The Balaban J connectivity index is 1.86. The lowest BCUT2D eigenvalue weighted by atomic mass is 10.1. The number of hydrogen-bond donors (Lipinski definition) is 0. The van der Waals surface area contributed by atoms with Gasteiger partial charge >= 0.3 is 0 Å². The van der Waals surface area contributed by atoms with Crippen molar-refractivity contribution in [3.8, 4) is 5.75 Å². The summed E-state index contributed by atoms with van der Waals surface area (Å²) in [5, 5.41) is 0. The molecule has 2 nitrogen and oxygen atoms in total. The average Bonchev–Trinajstić information content (AvgIpc) is 2.79. The van der Waals surface area contributed by atoms with Crippen molar-refractivity contribution in [3.63, 3.8) is 0 Å². The van der Waals surface area contributed by atoms with Gasteiger partial charge in [0.05, 0.1) is 13.2 Å². The van der Waals surface area contributed by atoms with Crippen molar-refractivity contribution in [3.05, 3.63) is 29.8 Å². The molecular formula is C12H15ClO2. The summed E-state index contributed by atoms with van der Waals surface area (Å²) in [7, 11) is 0. The Morgan fingerprint density at radius 3 is 3.13 bits per heavy atom. The molecule has 0 aliphatic carbocycles. The first-order chi connectivity index (χ1) is 7.38. The van der Waals surface area contributed by atoms with E-state index in [4.69, 9.17) is 21.1 Å². The number of hydrogen-bond acceptors (Lipinski definition) is 2. The van der Waals surface area contributed by atoms with Crippen LogP contribution in [0.15, 0.2) is 24.3 Å². The first kappa shape index (κ1) is 10.8. The summed E-state index contributed by atoms with van der Waals surface area (Å²) in [5.74, 6) is 1.98. The zero-order valence-electron chi connectivity index (χ0n) is 8.62. The smallest absolute Gasteiger partial charge is 0.119 e. The molecule has 0 radical (unpaired) electrons. The van der Waals surface area contributed by atoms with E-state index in [1.807, 2.05) is 24.3 Å². The van der Waals surface area contributed by atoms with Crippen molar-refractivity contribution >= 4 is 11.6 Å². The van der Waals surface area contributed by atoms with Crippen LogP contribution in [0.25, 0.3) is 0 Å². The molecule has 3 heteroatoms. The second-order valence-corrected chi connectivity index (χ2v) is 4.09. The van der Waals surface area contributed by atoms with E-state index in [0.29, 0.717) is 11.8 Å². The molecule has 2 rings (SSSR count). The predicted molar refractivity (Wildman–Crippen MR) is 60.4 cm³/mol. The molecular weight excluding hydrogens is 212 g/mol. The van der Waals surface area contributed by atoms with Crippen LogP contribution in [0, 0.1) is 5.92 Å². The molecule has 15 heavy (non-hydrogen) atoms. The van der Waals surface area contributed by atoms with Crippen molar-refractivity contribution in [2.75, 3.05) is 19.8 Å². The van der Waals surface area contributed by atoms with Crippen molar-refractivity contribution in [2.45, 2.75) is 12.3 Å². The van der Waals surface area contributed by atoms with E-state index in [1.165, 1.54) is 0 Å². The maximum absolute atomic E-state index is 5.75. The van der Waals surface area contributed by atoms with Crippen LogP contribution in [0.4, 0.5) is 0 Å². The largest absolute Gasteiger partial charge is 0.493 e. The second-order valence-electron chi connectivity index (χ2n) is 3.82. The number of alkyl halides is 1. The Labute approximate surface area is 95.1 Å². The Hall–Kier alpha value is -0.730. The molecule has 0 aromatic heterocycles. The normalized spacial score (nSPS) is 20.5. The van der Waals surface area contributed by atoms with Crippen LogP contribution in [0.1, 0.15) is 12.0 Å². The number of ether oxygens (including phenoxy) is 2. The molecule has 1 fully saturated rings. The molecule has 82 valence electrons. The van der Waals surface area contributed by atoms with E-state index in [-0.39, 0.29) is 0 Å². The van der Waals surface area contributed by atoms with Gasteiger partial charge in [-0.2, -0.15) is 0 Å². The Morgan fingerprint density at radius 1 is 1.47 bits per heavy atom. The Kier molecular flexibility index (Phi) is 3.87. The summed E-state index contributed by atoms with van der Waals surface area (Å²) in [5.41, 5.74) is 1.09. The SMILES string of the molecule is ClCc1cccc(OCC2CCOC2)c1. The number of halogens is 1. The number of benzene rings is 1. The van der Waals surface area contributed by atoms with E-state index in [9.17, 15) is 0 Å². The van der Waals surface area contributed by atoms with Crippen LogP contribution >= 0.6 is 11.6 Å². The second kappa shape index (κ2) is 5.38. The molecule has 1 aromatic rings. The lowest BCUT2D eigenvalue weighted by Gasteiger charge is -2.10. The quantitative estimate of drug-likeness (QED) is 0.735. The topological polar surface area (TPSA) is 18.5 Å². The third kappa shape index (κ3) is 3.11. The van der Waals surface area contributed by atoms with Gasteiger partial charge in [-0.3, -0.25) is 0 Å². The highest BCUT2D eigenvalue weighted by Crippen LogP contribution is 2.18. The van der Waals surface area contributed by atoms with Gasteiger partial charge in [-0.15, -0.1) is 11.6 Å². The molecule has 1 atom stereocenters. The van der Waals surface area contributed by atoms with Gasteiger partial charge in [-0.05, 0) is 24.1 Å². The highest BCUT2D eigenvalue weighted by Gasteiger charge is 2.15. The monoisotopic (exact) mass is 226 g/mol. The summed E-state index contributed by atoms with van der Waals surface area (Å²) >= 11 is 5.75. The van der Waals surface area contributed by atoms with Gasteiger partial charge < -0.3 is 9.47 Å². The van der Waals surface area contributed by atoms with E-state index in [1.54, 1.807) is 0 Å². The summed E-state index contributed by atoms with van der Waals surface area (Å²) < 4.78 is 11.0. The predicted octanol–water partition coefficient (Wildman–Crippen LogP) is 2.84. The van der Waals surface area contributed by atoms with Crippen molar-refractivity contribution in [1.82, 2.24) is 0 Å². The fraction of sp³-hybridized carbons (Fsp3) is 0.500. The molecule has 0 spiro atoms. The maximum Gasteiger partial charge on any atom is 0.119 e. The highest BCUT2D eigenvalue weighted by atomic mass is 35.5. The third-order valence-electron chi connectivity index (χ3n) is 2.56. The first-order valence-electron chi connectivity index (χ1n) is 5.24. The molecule has 1 aliphatic rings. The fourth-order valence-electron chi connectivity index (χ4n) is 1.65. The summed E-state index contributed by atoms with van der Waals surface area (Å²) in [6.07, 6.45) is 1.11. The minimum absolute atomic E-state index is 0.531. The van der Waals surface area contributed by atoms with Crippen LogP contribution in [0.2, 0.25) is 0 Å². The molecule has 1 saturated heterocycles. The minimum atomic E-state index is 0.531. The van der Waals surface area contributed by atoms with Crippen LogP contribution in [-0.2, 0) is 10.6 Å². The van der Waals surface area contributed by atoms with Gasteiger partial charge in [-0.1, -0.05) is 12.1 Å². The van der Waals surface area contributed by atoms with E-state index < -0.39 is 0 Å². The molecule has 1 heterocycles. The van der Waals surface area contributed by atoms with Crippen LogP contribution in [0.3, 0.4) is 0 Å². The fourth-order valence-corrected chi connectivity index (χ4v) is 1.81. The molecule has 0 N–H and O–H groups in total. The van der Waals surface area contributed by atoms with E-state index in [2.05, 4.69) is 0 Å². The van der Waals surface area contributed by atoms with E-state index >= 15 is 0 Å². The van der Waals surface area contributed by atoms with Gasteiger partial charge in [0.15, 0.2) is 0 Å². The molecule has 1 unspecified atom stereocenters. The van der Waals surface area contributed by atoms with Gasteiger partial charge in [0.25, 0.3) is 0 Å². The Morgan fingerprint density at radius 2 is 2.40 bits per heavy atom. The average molecular weight is 227 g/mol. The van der Waals surface area contributed by atoms with Crippen LogP contribution in [-0.4, -0.2) is 19.8 Å². The maximum atomic E-state index is 5.75. The zero-order valence-corrected chi connectivity index (χ0v) is 9.37. The molecule has 0 bridgehead atoms. The van der Waals surface area contributed by atoms with Crippen molar-refractivity contribution in [2.24, 2.45) is 5.92 Å². The summed E-state index contributed by atoms with van der Waals surface area (Å²) in [6.45, 7) is 2.44. The first-order valence-corrected chi connectivity index (χ1v) is 5.77. The third-order valence-corrected chi connectivity index (χ3v) is 2.87. The van der Waals surface area contributed by atoms with Gasteiger partial charge in [0, 0.05) is 18.4 Å². The van der Waals surface area contributed by atoms with Crippen LogP contribution in [0.5, 0.6) is 5.75 Å². The van der Waals surface area contributed by atoms with Gasteiger partial charge in [0.1, 0.15) is 5.75 Å². The van der Waals surface area contributed by atoms with Gasteiger partial charge in [-0.25, -0.2) is 0 Å². The lowest BCUT2D eigenvalue weighted by molar-refractivity contribution is 0.167. The van der Waals surface area contributed by atoms with Crippen LogP contribution < -0.4 is 4.74 Å². The van der Waals surface area contributed by atoms with Crippen molar-refractivity contribution in [1.29, 1.82) is 0 Å². The van der Waals surface area contributed by atoms with Gasteiger partial charge in [0.2, 0.25) is 0 Å².